The van der Waals surface area contributed by atoms with Gasteiger partial charge in [0, 0.05) is 0 Å². The predicted octanol–water partition coefficient (Wildman–Crippen LogP) is 2.49. The van der Waals surface area contributed by atoms with Crippen LogP contribution in [0.2, 0.25) is 0 Å². The van der Waals surface area contributed by atoms with Crippen molar-refractivity contribution in [2.75, 3.05) is 12.9 Å². The minimum absolute atomic E-state index is 0.00127. The number of hydrogen-bond acceptors (Lipinski definition) is 3. The van der Waals surface area contributed by atoms with Crippen molar-refractivity contribution in [3.63, 3.8) is 0 Å². The van der Waals surface area contributed by atoms with Gasteiger partial charge in [-0.1, -0.05) is 0 Å². The minimum atomic E-state index is -3.20. The molecule has 0 aromatic heterocycles. The van der Waals surface area contributed by atoms with Crippen LogP contribution in [0.5, 0.6) is 0 Å². The third-order valence-electron chi connectivity index (χ3n) is 2.37. The Morgan fingerprint density at radius 2 is 2.12 bits per heavy atom. The summed E-state index contributed by atoms with van der Waals surface area (Å²) in [5.74, 6) is 0. The van der Waals surface area contributed by atoms with E-state index in [-0.39, 0.29) is 6.04 Å². The molecule has 2 atom stereocenters. The van der Waals surface area contributed by atoms with Crippen LogP contribution in [0.1, 0.15) is 25.5 Å². The number of halogens is 1. The normalized spacial score (nSPS) is 16.8. The van der Waals surface area contributed by atoms with Gasteiger partial charge in [0.15, 0.2) is 0 Å². The molecule has 1 aromatic carbocycles. The van der Waals surface area contributed by atoms with Gasteiger partial charge in [-0.25, -0.2) is 0 Å². The molecule has 2 N–H and O–H groups in total. The maximum absolute atomic E-state index is 6.69. The van der Waals surface area contributed by atoms with E-state index in [2.05, 4.69) is 6.07 Å². The molecule has 1 rings (SSSR count). The summed E-state index contributed by atoms with van der Waals surface area (Å²) >= 11 is -3.20. The quantitative estimate of drug-likeness (QED) is 0.814. The second-order valence-electron chi connectivity index (χ2n) is 3.55. The Bertz CT molecular complexity index is 351. The average Bonchev–Trinajstić information content (AvgIpc) is 2.29. The number of rotatable bonds is 5. The Hall–Kier alpha value is 0.579. The standard InChI is InChI=1S/C8H10N.C2H5O.CH4S.ClH.Sn/c1-7(9)8-5-3-2-4-6-8;1-2-3;1-2;;/h2-5,7H,9H2,1H3;2H2,1H3;2H,1H3;1H;/q;-1;;;+3/p-2. The molecule has 5 heteroatoms. The Balaban J connectivity index is 3.18. The van der Waals surface area contributed by atoms with Crippen molar-refractivity contribution in [3.8, 4) is 0 Å². The van der Waals surface area contributed by atoms with Crippen LogP contribution in [0.4, 0.5) is 0 Å². The van der Waals surface area contributed by atoms with Gasteiger partial charge in [-0.3, -0.25) is 0 Å². The summed E-state index contributed by atoms with van der Waals surface area (Å²) in [7, 11) is 8.37. The molecule has 0 aliphatic carbocycles. The molecule has 0 aliphatic heterocycles. The van der Waals surface area contributed by atoms with Crippen LogP contribution >= 0.6 is 17.9 Å². The molecule has 1 aromatic rings. The van der Waals surface area contributed by atoms with E-state index < -0.39 is 16.3 Å². The summed E-state index contributed by atoms with van der Waals surface area (Å²) in [5.41, 5.74) is 7.09. The van der Waals surface area contributed by atoms with Crippen LogP contribution in [0.3, 0.4) is 0 Å². The molecule has 2 nitrogen and oxygen atoms in total. The molecule has 0 heterocycles. The number of nitrogens with two attached hydrogens (primary N) is 1. The van der Waals surface area contributed by atoms with Gasteiger partial charge in [-0.15, -0.1) is 0 Å². The monoisotopic (exact) mass is 367 g/mol. The molecule has 0 radical (unpaired) electrons. The first-order chi connectivity index (χ1) is 7.55. The molecule has 0 saturated heterocycles. The first-order valence-electron chi connectivity index (χ1n) is 5.28. The topological polar surface area (TPSA) is 35.2 Å². The molecule has 0 fully saturated rings. The summed E-state index contributed by atoms with van der Waals surface area (Å²) < 4.78 is 6.99. The molecule has 0 aliphatic rings. The van der Waals surface area contributed by atoms with Crippen molar-refractivity contribution in [1.82, 2.24) is 0 Å². The number of benzene rings is 1. The molecule has 0 amide bonds. The maximum atomic E-state index is 6.69. The van der Waals surface area contributed by atoms with Gasteiger partial charge >= 0.3 is 109 Å². The zero-order valence-corrected chi connectivity index (χ0v) is 14.3. The predicted molar refractivity (Wildman–Crippen MR) is 75.4 cm³/mol. The fraction of sp³-hybridized carbons (Fsp3) is 0.455. The van der Waals surface area contributed by atoms with Crippen molar-refractivity contribution in [2.45, 2.75) is 19.9 Å². The Morgan fingerprint density at radius 3 is 2.62 bits per heavy atom. The van der Waals surface area contributed by atoms with Gasteiger partial charge in [-0.05, 0) is 0 Å². The Labute approximate surface area is 108 Å². The first kappa shape index (κ1) is 14.6. The first-order valence-corrected chi connectivity index (χ1v) is 16.2. The summed E-state index contributed by atoms with van der Waals surface area (Å²) in [6.07, 6.45) is 2.02. The van der Waals surface area contributed by atoms with Crippen molar-refractivity contribution in [2.24, 2.45) is 5.73 Å². The van der Waals surface area contributed by atoms with Crippen molar-refractivity contribution >= 4 is 37.7 Å². The molecule has 2 unspecified atom stereocenters. The Morgan fingerprint density at radius 1 is 1.50 bits per heavy atom. The summed E-state index contributed by atoms with van der Waals surface area (Å²) in [4.78, 5) is 0. The third-order valence-corrected chi connectivity index (χ3v) is 19.9. The van der Waals surface area contributed by atoms with Crippen LogP contribution in [-0.2, 0) is 3.07 Å². The SMILES string of the molecule is CC[O][Sn]([Cl])([S]C)[c]1ccccc1C(C)N. The van der Waals surface area contributed by atoms with Crippen LogP contribution in [0.15, 0.2) is 24.3 Å². The van der Waals surface area contributed by atoms with Crippen molar-refractivity contribution in [1.29, 1.82) is 0 Å². The molecular weight excluding hydrogens is 348 g/mol. The van der Waals surface area contributed by atoms with E-state index in [9.17, 15) is 0 Å². The fourth-order valence-corrected chi connectivity index (χ4v) is 13.0. The van der Waals surface area contributed by atoms with E-state index >= 15 is 0 Å². The van der Waals surface area contributed by atoms with E-state index in [0.717, 1.165) is 9.14 Å². The zero-order valence-electron chi connectivity index (χ0n) is 9.87. The molecule has 0 bridgehead atoms. The van der Waals surface area contributed by atoms with Crippen molar-refractivity contribution in [3.05, 3.63) is 29.8 Å². The van der Waals surface area contributed by atoms with Crippen molar-refractivity contribution < 1.29 is 3.07 Å². The van der Waals surface area contributed by atoms with Gasteiger partial charge in [-0.2, -0.15) is 0 Å². The molecule has 0 spiro atoms. The van der Waals surface area contributed by atoms with Crippen LogP contribution in [-0.4, -0.2) is 29.1 Å². The van der Waals surface area contributed by atoms with E-state index in [1.54, 1.807) is 8.95 Å². The molecule has 16 heavy (non-hydrogen) atoms. The summed E-state index contributed by atoms with van der Waals surface area (Å²) in [6, 6.07) is 8.11. The van der Waals surface area contributed by atoms with E-state index in [4.69, 9.17) is 17.7 Å². The van der Waals surface area contributed by atoms with Crippen LogP contribution in [0, 0.1) is 0 Å². The van der Waals surface area contributed by atoms with Gasteiger partial charge in [0.05, 0.1) is 0 Å². The van der Waals surface area contributed by atoms with Gasteiger partial charge in [0.2, 0.25) is 0 Å². The van der Waals surface area contributed by atoms with Crippen LogP contribution < -0.4 is 9.31 Å². The van der Waals surface area contributed by atoms with E-state index in [1.807, 2.05) is 38.3 Å². The van der Waals surface area contributed by atoms with Crippen LogP contribution in [0.25, 0.3) is 0 Å². The number of hydrogen-bond donors (Lipinski definition) is 1. The fourth-order valence-electron chi connectivity index (χ4n) is 1.60. The van der Waals surface area contributed by atoms with E-state index in [1.165, 1.54) is 0 Å². The summed E-state index contributed by atoms with van der Waals surface area (Å²) in [6.45, 7) is 4.63. The third kappa shape index (κ3) is 3.29. The van der Waals surface area contributed by atoms with E-state index in [0.29, 0.717) is 6.61 Å². The van der Waals surface area contributed by atoms with Gasteiger partial charge in [0.1, 0.15) is 0 Å². The Kier molecular flexibility index (Phi) is 5.94. The zero-order chi connectivity index (χ0) is 12.2. The van der Waals surface area contributed by atoms with Gasteiger partial charge in [0.25, 0.3) is 0 Å². The average molecular weight is 367 g/mol. The summed E-state index contributed by atoms with van der Waals surface area (Å²) in [5, 5.41) is 0. The molecular formula is C11H18ClNOSSn. The van der Waals surface area contributed by atoms with Gasteiger partial charge < -0.3 is 0 Å². The molecule has 90 valence electrons. The second-order valence-corrected chi connectivity index (χ2v) is 21.8. The molecule has 0 saturated carbocycles. The second kappa shape index (κ2) is 6.49.